The van der Waals surface area contributed by atoms with Crippen molar-refractivity contribution in [3.8, 4) is 11.5 Å². The van der Waals surface area contributed by atoms with E-state index in [1.165, 1.54) is 14.2 Å². The molecule has 0 unspecified atom stereocenters. The minimum Gasteiger partial charge on any atom is -0.496 e. The van der Waals surface area contributed by atoms with Gasteiger partial charge in [-0.3, -0.25) is 4.99 Å². The van der Waals surface area contributed by atoms with Crippen LogP contribution >= 0.6 is 24.0 Å². The number of carbonyl (C=O) groups excluding carboxylic acids is 1. The number of methoxy groups -OCH3 is 2. The Bertz CT molecular complexity index is 800. The van der Waals surface area contributed by atoms with Crippen molar-refractivity contribution in [3.05, 3.63) is 59.7 Å². The first-order chi connectivity index (χ1) is 13.6. The van der Waals surface area contributed by atoms with Gasteiger partial charge in [-0.1, -0.05) is 24.3 Å². The predicted molar refractivity (Wildman–Crippen MR) is 125 cm³/mol. The lowest BCUT2D eigenvalue weighted by atomic mass is 10.1. The molecule has 0 radical (unpaired) electrons. The Balaban J connectivity index is 0.00000420. The van der Waals surface area contributed by atoms with E-state index in [-0.39, 0.29) is 24.0 Å². The Morgan fingerprint density at radius 2 is 1.86 bits per heavy atom. The van der Waals surface area contributed by atoms with Crippen molar-refractivity contribution in [1.82, 2.24) is 10.2 Å². The lowest BCUT2D eigenvalue weighted by Crippen LogP contribution is -2.40. The van der Waals surface area contributed by atoms with Gasteiger partial charge in [0.25, 0.3) is 0 Å². The van der Waals surface area contributed by atoms with E-state index < -0.39 is 5.97 Å². The molecule has 2 rings (SSSR count). The van der Waals surface area contributed by atoms with Gasteiger partial charge in [-0.05, 0) is 29.8 Å². The van der Waals surface area contributed by atoms with Crippen LogP contribution in [0.2, 0.25) is 0 Å². The number of carbonyl (C=O) groups is 1. The highest BCUT2D eigenvalue weighted by molar-refractivity contribution is 14.0. The molecule has 0 amide bonds. The summed E-state index contributed by atoms with van der Waals surface area (Å²) < 4.78 is 15.8. The molecule has 1 N–H and O–H groups in total. The highest BCUT2D eigenvalue weighted by Crippen LogP contribution is 2.20. The SMILES string of the molecule is CN=C(NCc1ccc(OC)c(C(=O)OC)c1)N(C)CCOc1ccccc1.I. The molecule has 2 aromatic carbocycles. The van der Waals surface area contributed by atoms with E-state index >= 15 is 0 Å². The van der Waals surface area contributed by atoms with E-state index in [2.05, 4.69) is 10.3 Å². The van der Waals surface area contributed by atoms with Gasteiger partial charge in [-0.25, -0.2) is 4.79 Å². The third-order valence-corrected chi connectivity index (χ3v) is 4.13. The van der Waals surface area contributed by atoms with Crippen molar-refractivity contribution in [1.29, 1.82) is 0 Å². The van der Waals surface area contributed by atoms with Crippen molar-refractivity contribution in [2.24, 2.45) is 4.99 Å². The number of nitrogens with zero attached hydrogens (tertiary/aromatic N) is 2. The maximum Gasteiger partial charge on any atom is 0.341 e. The van der Waals surface area contributed by atoms with Gasteiger partial charge in [0.2, 0.25) is 0 Å². The topological polar surface area (TPSA) is 72.4 Å². The number of halogens is 1. The van der Waals surface area contributed by atoms with E-state index in [1.807, 2.05) is 48.3 Å². The first kappa shape index (κ1) is 24.5. The van der Waals surface area contributed by atoms with Gasteiger partial charge in [0.1, 0.15) is 23.7 Å². The van der Waals surface area contributed by atoms with Crippen molar-refractivity contribution in [2.45, 2.75) is 6.54 Å². The standard InChI is InChI=1S/C21H27N3O4.HI/c1-22-21(24(2)12-13-28-17-8-6-5-7-9-17)23-15-16-10-11-19(26-3)18(14-16)20(25)27-4;/h5-11,14H,12-13,15H2,1-4H3,(H,22,23);1H. The molecule has 158 valence electrons. The average molecular weight is 513 g/mol. The Morgan fingerprint density at radius 1 is 1.14 bits per heavy atom. The fourth-order valence-electron chi connectivity index (χ4n) is 2.62. The molecule has 0 heterocycles. The number of guanidine groups is 1. The molecule has 0 saturated heterocycles. The van der Waals surface area contributed by atoms with E-state index in [0.29, 0.717) is 31.0 Å². The number of ether oxygens (including phenoxy) is 3. The van der Waals surface area contributed by atoms with E-state index in [4.69, 9.17) is 14.2 Å². The zero-order valence-electron chi connectivity index (χ0n) is 17.2. The summed E-state index contributed by atoms with van der Waals surface area (Å²) >= 11 is 0. The second-order valence-corrected chi connectivity index (χ2v) is 6.01. The number of rotatable bonds is 8. The van der Waals surface area contributed by atoms with Crippen LogP contribution in [0.25, 0.3) is 0 Å². The largest absolute Gasteiger partial charge is 0.496 e. The number of aliphatic imine (C=N–C) groups is 1. The van der Waals surface area contributed by atoms with Crippen LogP contribution in [0.3, 0.4) is 0 Å². The molecule has 0 aliphatic carbocycles. The summed E-state index contributed by atoms with van der Waals surface area (Å²) in [5.74, 6) is 1.62. The van der Waals surface area contributed by atoms with Crippen LogP contribution in [-0.2, 0) is 11.3 Å². The Hall–Kier alpha value is -2.49. The van der Waals surface area contributed by atoms with Gasteiger partial charge in [-0.2, -0.15) is 0 Å². The van der Waals surface area contributed by atoms with Crippen LogP contribution in [0.1, 0.15) is 15.9 Å². The molecule has 0 atom stereocenters. The smallest absolute Gasteiger partial charge is 0.341 e. The second kappa shape index (κ2) is 12.9. The van der Waals surface area contributed by atoms with E-state index in [9.17, 15) is 4.79 Å². The first-order valence-electron chi connectivity index (χ1n) is 8.94. The molecule has 2 aromatic rings. The molecule has 0 aliphatic heterocycles. The molecule has 0 aliphatic rings. The molecule has 0 bridgehead atoms. The molecular weight excluding hydrogens is 485 g/mol. The molecule has 0 spiro atoms. The van der Waals surface area contributed by atoms with E-state index in [1.54, 1.807) is 19.2 Å². The second-order valence-electron chi connectivity index (χ2n) is 6.01. The summed E-state index contributed by atoms with van der Waals surface area (Å²) in [5.41, 5.74) is 1.31. The fourth-order valence-corrected chi connectivity index (χ4v) is 2.62. The van der Waals surface area contributed by atoms with Crippen molar-refractivity contribution in [3.63, 3.8) is 0 Å². The van der Waals surface area contributed by atoms with Crippen LogP contribution in [0.5, 0.6) is 11.5 Å². The summed E-state index contributed by atoms with van der Waals surface area (Å²) in [6.07, 6.45) is 0. The number of esters is 1. The van der Waals surface area contributed by atoms with Crippen LogP contribution in [0.15, 0.2) is 53.5 Å². The molecule has 0 aromatic heterocycles. The summed E-state index contributed by atoms with van der Waals surface area (Å²) in [6.45, 7) is 1.71. The zero-order chi connectivity index (χ0) is 20.4. The number of para-hydroxylation sites is 1. The highest BCUT2D eigenvalue weighted by Gasteiger charge is 2.14. The zero-order valence-corrected chi connectivity index (χ0v) is 19.5. The van der Waals surface area contributed by atoms with Crippen LogP contribution in [0.4, 0.5) is 0 Å². The van der Waals surface area contributed by atoms with Crippen molar-refractivity contribution >= 4 is 35.9 Å². The summed E-state index contributed by atoms with van der Waals surface area (Å²) in [6, 6.07) is 15.1. The van der Waals surface area contributed by atoms with Crippen LogP contribution < -0.4 is 14.8 Å². The minimum atomic E-state index is -0.432. The molecule has 8 heteroatoms. The molecule has 0 saturated carbocycles. The van der Waals surface area contributed by atoms with Gasteiger partial charge in [0.15, 0.2) is 5.96 Å². The maximum absolute atomic E-state index is 11.9. The van der Waals surface area contributed by atoms with Gasteiger partial charge in [-0.15, -0.1) is 24.0 Å². The average Bonchev–Trinajstić information content (AvgIpc) is 2.74. The summed E-state index contributed by atoms with van der Waals surface area (Å²) in [7, 11) is 6.54. The highest BCUT2D eigenvalue weighted by atomic mass is 127. The molecule has 0 fully saturated rings. The predicted octanol–water partition coefficient (Wildman–Crippen LogP) is 3.19. The minimum absolute atomic E-state index is 0. The normalized spacial score (nSPS) is 10.6. The summed E-state index contributed by atoms with van der Waals surface area (Å²) in [4.78, 5) is 18.2. The number of benzene rings is 2. The number of likely N-dealkylation sites (N-methyl/N-ethyl adjacent to an activating group) is 1. The quantitative estimate of drug-likeness (QED) is 0.253. The molecular formula is C21H28IN3O4. The van der Waals surface area contributed by atoms with Crippen molar-refractivity contribution < 1.29 is 19.0 Å². The number of hydrogen-bond acceptors (Lipinski definition) is 5. The van der Waals surface area contributed by atoms with Crippen LogP contribution in [0, 0.1) is 0 Å². The Labute approximate surface area is 189 Å². The summed E-state index contributed by atoms with van der Waals surface area (Å²) in [5, 5.41) is 3.28. The van der Waals surface area contributed by atoms with Gasteiger partial charge in [0.05, 0.1) is 20.8 Å². The molecule has 29 heavy (non-hydrogen) atoms. The lowest BCUT2D eigenvalue weighted by molar-refractivity contribution is 0.0597. The Morgan fingerprint density at radius 3 is 2.48 bits per heavy atom. The number of hydrogen-bond donors (Lipinski definition) is 1. The van der Waals surface area contributed by atoms with Crippen LogP contribution in [-0.4, -0.2) is 58.3 Å². The maximum atomic E-state index is 11.9. The lowest BCUT2D eigenvalue weighted by Gasteiger charge is -2.22. The third-order valence-electron chi connectivity index (χ3n) is 4.13. The molecule has 7 nitrogen and oxygen atoms in total. The van der Waals surface area contributed by atoms with Crippen molar-refractivity contribution in [2.75, 3.05) is 41.5 Å². The van der Waals surface area contributed by atoms with Gasteiger partial charge >= 0.3 is 5.97 Å². The van der Waals surface area contributed by atoms with E-state index in [0.717, 1.165) is 17.3 Å². The monoisotopic (exact) mass is 513 g/mol. The van der Waals surface area contributed by atoms with Gasteiger partial charge < -0.3 is 24.4 Å². The fraction of sp³-hybridized carbons (Fsp3) is 0.333. The van der Waals surface area contributed by atoms with Gasteiger partial charge in [0, 0.05) is 20.6 Å². The number of nitrogens with one attached hydrogen (secondary N) is 1. The third kappa shape index (κ3) is 7.45. The Kier molecular flexibility index (Phi) is 10.9. The first-order valence-corrected chi connectivity index (χ1v) is 8.94.